The zero-order valence-corrected chi connectivity index (χ0v) is 25.1. The summed E-state index contributed by atoms with van der Waals surface area (Å²) in [5.41, 5.74) is 1.96. The molecule has 4 N–H and O–H groups in total. The van der Waals surface area contributed by atoms with E-state index in [1.165, 1.54) is 13.3 Å². The summed E-state index contributed by atoms with van der Waals surface area (Å²) in [6.07, 6.45) is 5.46. The van der Waals surface area contributed by atoms with E-state index in [2.05, 4.69) is 37.5 Å². The number of ether oxygens (including phenoxy) is 3. The van der Waals surface area contributed by atoms with Gasteiger partial charge in [0.2, 0.25) is 11.9 Å². The minimum Gasteiger partial charge on any atom is -0.494 e. The van der Waals surface area contributed by atoms with Crippen LogP contribution in [-0.2, 0) is 9.53 Å². The number of rotatable bonds is 10. The first-order valence-corrected chi connectivity index (χ1v) is 14.0. The third kappa shape index (κ3) is 7.00. The van der Waals surface area contributed by atoms with Gasteiger partial charge in [-0.2, -0.15) is 0 Å². The van der Waals surface area contributed by atoms with Crippen molar-refractivity contribution >= 4 is 51.8 Å². The Bertz CT molecular complexity index is 1690. The predicted octanol–water partition coefficient (Wildman–Crippen LogP) is 6.59. The molecule has 0 radical (unpaired) electrons. The van der Waals surface area contributed by atoms with Crippen LogP contribution >= 0.6 is 11.6 Å². The SMILES string of the molecule is C=CC(=O)Nc1cc(Nc2ncc(Cl)c(-c3c[nH]c4ccccc34)n2)c(OC)cc1OCC1(NC(=O)OC(C)(C)C)CC1. The summed E-state index contributed by atoms with van der Waals surface area (Å²) >= 11 is 6.51. The van der Waals surface area contributed by atoms with E-state index in [4.69, 9.17) is 25.8 Å². The van der Waals surface area contributed by atoms with Crippen molar-refractivity contribution in [2.24, 2.45) is 0 Å². The van der Waals surface area contributed by atoms with Crippen molar-refractivity contribution in [3.8, 4) is 22.8 Å². The van der Waals surface area contributed by atoms with Crippen LogP contribution in [0.2, 0.25) is 5.02 Å². The van der Waals surface area contributed by atoms with Gasteiger partial charge in [-0.05, 0) is 51.8 Å². The fourth-order valence-electron chi connectivity index (χ4n) is 4.43. The predicted molar refractivity (Wildman–Crippen MR) is 166 cm³/mol. The standard InChI is InChI=1S/C31H33ClN6O5/c1-6-26(39)35-23-13-22(24(41-5)14-25(23)42-17-31(11-12-31)38-29(40)43-30(2,3)4)36-28-34-16-20(32)27(37-28)19-15-33-21-10-8-7-9-18(19)21/h6-10,13-16,33H,1,11-12,17H2,2-5H3,(H,35,39)(H,38,40)(H,34,36,37). The summed E-state index contributed by atoms with van der Waals surface area (Å²) in [6.45, 7) is 9.11. The van der Waals surface area contributed by atoms with Crippen molar-refractivity contribution in [1.29, 1.82) is 0 Å². The third-order valence-corrected chi connectivity index (χ3v) is 6.98. The second-order valence-electron chi connectivity index (χ2n) is 11.2. The lowest BCUT2D eigenvalue weighted by molar-refractivity contribution is -0.111. The number of fused-ring (bicyclic) bond motifs is 1. The van der Waals surface area contributed by atoms with E-state index in [0.29, 0.717) is 33.6 Å². The van der Waals surface area contributed by atoms with Crippen LogP contribution in [-0.4, -0.2) is 51.8 Å². The topological polar surface area (TPSA) is 139 Å². The van der Waals surface area contributed by atoms with Gasteiger partial charge < -0.3 is 35.1 Å². The Morgan fingerprint density at radius 3 is 2.63 bits per heavy atom. The van der Waals surface area contributed by atoms with Gasteiger partial charge in [-0.3, -0.25) is 4.79 Å². The molecular formula is C31H33ClN6O5. The monoisotopic (exact) mass is 604 g/mol. The van der Waals surface area contributed by atoms with Gasteiger partial charge in [-0.1, -0.05) is 36.4 Å². The van der Waals surface area contributed by atoms with Crippen molar-refractivity contribution in [2.45, 2.75) is 44.8 Å². The highest BCUT2D eigenvalue weighted by atomic mass is 35.5. The molecule has 1 saturated carbocycles. The fraction of sp³-hybridized carbons (Fsp3) is 0.290. The highest BCUT2D eigenvalue weighted by Crippen LogP contribution is 2.41. The number of methoxy groups -OCH3 is 1. The molecule has 12 heteroatoms. The highest BCUT2D eigenvalue weighted by molar-refractivity contribution is 6.33. The summed E-state index contributed by atoms with van der Waals surface area (Å²) in [5.74, 6) is 0.574. The normalized spacial score (nSPS) is 13.6. The van der Waals surface area contributed by atoms with Crippen LogP contribution < -0.4 is 25.4 Å². The molecule has 11 nitrogen and oxygen atoms in total. The molecule has 0 bridgehead atoms. The molecule has 4 aromatic rings. The Morgan fingerprint density at radius 2 is 1.93 bits per heavy atom. The van der Waals surface area contributed by atoms with E-state index in [0.717, 1.165) is 35.4 Å². The van der Waals surface area contributed by atoms with Crippen molar-refractivity contribution < 1.29 is 23.8 Å². The Labute approximate surface area is 254 Å². The lowest BCUT2D eigenvalue weighted by atomic mass is 10.1. The Morgan fingerprint density at radius 1 is 1.16 bits per heavy atom. The number of nitrogens with zero attached hydrogens (tertiary/aromatic N) is 2. The zero-order valence-electron chi connectivity index (χ0n) is 24.3. The van der Waals surface area contributed by atoms with Gasteiger partial charge in [0.05, 0.1) is 40.9 Å². The molecule has 0 spiro atoms. The number of aromatic amines is 1. The van der Waals surface area contributed by atoms with E-state index in [9.17, 15) is 9.59 Å². The molecule has 0 saturated heterocycles. The van der Waals surface area contributed by atoms with Gasteiger partial charge >= 0.3 is 6.09 Å². The van der Waals surface area contributed by atoms with Crippen LogP contribution in [0.1, 0.15) is 33.6 Å². The van der Waals surface area contributed by atoms with E-state index in [-0.39, 0.29) is 12.6 Å². The summed E-state index contributed by atoms with van der Waals surface area (Å²) in [7, 11) is 1.51. The quantitative estimate of drug-likeness (QED) is 0.149. The van der Waals surface area contributed by atoms with Crippen LogP contribution in [0, 0.1) is 0 Å². The molecule has 224 valence electrons. The van der Waals surface area contributed by atoms with Crippen LogP contribution in [0.25, 0.3) is 22.2 Å². The average molecular weight is 605 g/mol. The number of alkyl carbamates (subject to hydrolysis) is 1. The number of anilines is 3. The van der Waals surface area contributed by atoms with Crippen LogP contribution in [0.3, 0.4) is 0 Å². The molecule has 5 rings (SSSR count). The number of halogens is 1. The Hall–Kier alpha value is -4.77. The van der Waals surface area contributed by atoms with E-state index >= 15 is 0 Å². The molecular weight excluding hydrogens is 572 g/mol. The van der Waals surface area contributed by atoms with Gasteiger partial charge in [-0.25, -0.2) is 14.8 Å². The smallest absolute Gasteiger partial charge is 0.408 e. The largest absolute Gasteiger partial charge is 0.494 e. The number of benzene rings is 2. The number of aromatic nitrogens is 3. The molecule has 0 atom stereocenters. The number of H-pyrrole nitrogens is 1. The number of amides is 2. The summed E-state index contributed by atoms with van der Waals surface area (Å²) in [6, 6.07) is 11.1. The molecule has 0 unspecified atom stereocenters. The van der Waals surface area contributed by atoms with Gasteiger partial charge in [0.1, 0.15) is 23.7 Å². The van der Waals surface area contributed by atoms with E-state index < -0.39 is 23.1 Å². The van der Waals surface area contributed by atoms with E-state index in [1.54, 1.807) is 32.9 Å². The maximum absolute atomic E-state index is 12.4. The molecule has 1 aliphatic carbocycles. The van der Waals surface area contributed by atoms with Crippen molar-refractivity contribution in [3.63, 3.8) is 0 Å². The Balaban J connectivity index is 1.41. The highest BCUT2D eigenvalue weighted by Gasteiger charge is 2.46. The van der Waals surface area contributed by atoms with Crippen LogP contribution in [0.4, 0.5) is 22.1 Å². The summed E-state index contributed by atoms with van der Waals surface area (Å²) < 4.78 is 17.2. The van der Waals surface area contributed by atoms with Crippen molar-refractivity contribution in [3.05, 3.63) is 66.5 Å². The molecule has 1 fully saturated rings. The number of hydrogen-bond donors (Lipinski definition) is 4. The maximum Gasteiger partial charge on any atom is 0.408 e. The van der Waals surface area contributed by atoms with Gasteiger partial charge in [0.15, 0.2) is 0 Å². The number of carbonyl (C=O) groups excluding carboxylic acids is 2. The molecule has 0 aliphatic heterocycles. The maximum atomic E-state index is 12.4. The number of nitrogens with one attached hydrogen (secondary N) is 4. The molecule has 2 amide bonds. The molecule has 2 aromatic carbocycles. The zero-order chi connectivity index (χ0) is 30.8. The van der Waals surface area contributed by atoms with E-state index in [1.807, 2.05) is 30.5 Å². The van der Waals surface area contributed by atoms with Crippen LogP contribution in [0.15, 0.2) is 61.4 Å². The third-order valence-electron chi connectivity index (χ3n) is 6.70. The Kier molecular flexibility index (Phi) is 8.19. The summed E-state index contributed by atoms with van der Waals surface area (Å²) in [4.78, 5) is 37.0. The molecule has 2 heterocycles. The lowest BCUT2D eigenvalue weighted by Gasteiger charge is -2.24. The van der Waals surface area contributed by atoms with Crippen molar-refractivity contribution in [2.75, 3.05) is 24.4 Å². The second-order valence-corrected chi connectivity index (χ2v) is 11.6. The number of para-hydroxylation sites is 1. The first-order valence-electron chi connectivity index (χ1n) is 13.6. The number of carbonyl (C=O) groups is 2. The molecule has 2 aromatic heterocycles. The fourth-order valence-corrected chi connectivity index (χ4v) is 4.62. The molecule has 1 aliphatic rings. The lowest BCUT2D eigenvalue weighted by Crippen LogP contribution is -2.44. The minimum atomic E-state index is -0.622. The minimum absolute atomic E-state index is 0.160. The van der Waals surface area contributed by atoms with Crippen molar-refractivity contribution in [1.82, 2.24) is 20.3 Å². The number of hydrogen-bond acceptors (Lipinski definition) is 8. The van der Waals surface area contributed by atoms with Gasteiger partial charge in [-0.15, -0.1) is 0 Å². The van der Waals surface area contributed by atoms with Crippen LogP contribution in [0.5, 0.6) is 11.5 Å². The average Bonchev–Trinajstić information content (AvgIpc) is 3.58. The van der Waals surface area contributed by atoms with Gasteiger partial charge in [0, 0.05) is 28.7 Å². The second kappa shape index (κ2) is 11.8. The van der Waals surface area contributed by atoms with Gasteiger partial charge in [0.25, 0.3) is 0 Å². The first kappa shape index (κ1) is 29.7. The molecule has 43 heavy (non-hydrogen) atoms. The summed E-state index contributed by atoms with van der Waals surface area (Å²) in [5, 5.41) is 10.2. The first-order chi connectivity index (χ1) is 20.5.